The van der Waals surface area contributed by atoms with Crippen LogP contribution in [0.4, 0.5) is 8.78 Å². The highest BCUT2D eigenvalue weighted by Crippen LogP contribution is 2.30. The van der Waals surface area contributed by atoms with E-state index in [-0.39, 0.29) is 18.0 Å². The number of nitrogens with one attached hydrogen (secondary N) is 1. The van der Waals surface area contributed by atoms with E-state index in [0.717, 1.165) is 12.8 Å². The summed E-state index contributed by atoms with van der Waals surface area (Å²) in [6.45, 7) is 0.0751. The molecule has 0 aromatic heterocycles. The molecule has 0 bridgehead atoms. The first-order valence-corrected chi connectivity index (χ1v) is 6.94. The molecule has 0 radical (unpaired) electrons. The molecule has 2 N–H and O–H groups in total. The third kappa shape index (κ3) is 3.50. The predicted octanol–water partition coefficient (Wildman–Crippen LogP) is 2.06. The van der Waals surface area contributed by atoms with Crippen LogP contribution < -0.4 is 10.1 Å². The standard InChI is InChI=1S/C15H19F2NO3/c1-21-12-7-5-11(6-8-12)15(16,17)14(20)18-9-10-3-2-4-13(10)19/h5-8,10,13,19H,2-4,9H2,1H3,(H,18,20). The molecule has 116 valence electrons. The van der Waals surface area contributed by atoms with Gasteiger partial charge in [0.05, 0.1) is 13.2 Å². The summed E-state index contributed by atoms with van der Waals surface area (Å²) in [4.78, 5) is 11.7. The van der Waals surface area contributed by atoms with Gasteiger partial charge in [0, 0.05) is 18.0 Å². The van der Waals surface area contributed by atoms with Gasteiger partial charge in [-0.25, -0.2) is 0 Å². The zero-order valence-corrected chi connectivity index (χ0v) is 11.8. The van der Waals surface area contributed by atoms with Crippen LogP contribution in [0.2, 0.25) is 0 Å². The van der Waals surface area contributed by atoms with Crippen LogP contribution in [0.1, 0.15) is 24.8 Å². The molecule has 2 atom stereocenters. The Morgan fingerprint density at radius 1 is 1.38 bits per heavy atom. The molecule has 0 saturated heterocycles. The minimum Gasteiger partial charge on any atom is -0.497 e. The Kier molecular flexibility index (Phi) is 4.77. The molecule has 1 amide bonds. The maximum atomic E-state index is 14.0. The van der Waals surface area contributed by atoms with Crippen molar-refractivity contribution >= 4 is 5.91 Å². The van der Waals surface area contributed by atoms with Gasteiger partial charge in [-0.2, -0.15) is 8.78 Å². The number of methoxy groups -OCH3 is 1. The van der Waals surface area contributed by atoms with Crippen molar-refractivity contribution in [2.45, 2.75) is 31.3 Å². The van der Waals surface area contributed by atoms with E-state index >= 15 is 0 Å². The van der Waals surface area contributed by atoms with E-state index in [1.165, 1.54) is 31.4 Å². The quantitative estimate of drug-likeness (QED) is 0.875. The number of carbonyl (C=O) groups is 1. The third-order valence-electron chi connectivity index (χ3n) is 3.88. The smallest absolute Gasteiger partial charge is 0.349 e. The van der Waals surface area contributed by atoms with E-state index in [2.05, 4.69) is 5.32 Å². The largest absolute Gasteiger partial charge is 0.497 e. The molecular weight excluding hydrogens is 280 g/mol. The number of aliphatic hydroxyl groups is 1. The molecule has 1 aromatic carbocycles. The van der Waals surface area contributed by atoms with Crippen LogP contribution in [-0.4, -0.2) is 30.8 Å². The molecule has 1 aromatic rings. The van der Waals surface area contributed by atoms with Gasteiger partial charge in [-0.3, -0.25) is 4.79 Å². The van der Waals surface area contributed by atoms with Gasteiger partial charge in [-0.05, 0) is 37.1 Å². The molecule has 2 rings (SSSR count). The molecule has 4 nitrogen and oxygen atoms in total. The number of hydrogen-bond donors (Lipinski definition) is 2. The van der Waals surface area contributed by atoms with Crippen molar-refractivity contribution in [2.24, 2.45) is 5.92 Å². The van der Waals surface area contributed by atoms with E-state index in [1.54, 1.807) is 0 Å². The van der Waals surface area contributed by atoms with Crippen LogP contribution >= 0.6 is 0 Å². The Bertz CT molecular complexity index is 490. The highest BCUT2D eigenvalue weighted by Gasteiger charge is 2.41. The average Bonchev–Trinajstić information content (AvgIpc) is 2.90. The molecule has 21 heavy (non-hydrogen) atoms. The molecule has 0 aliphatic heterocycles. The highest BCUT2D eigenvalue weighted by atomic mass is 19.3. The lowest BCUT2D eigenvalue weighted by Gasteiger charge is -2.19. The van der Waals surface area contributed by atoms with Crippen LogP contribution in [0.3, 0.4) is 0 Å². The van der Waals surface area contributed by atoms with Crippen molar-refractivity contribution in [3.05, 3.63) is 29.8 Å². The first kappa shape index (κ1) is 15.7. The van der Waals surface area contributed by atoms with Crippen molar-refractivity contribution in [1.82, 2.24) is 5.32 Å². The summed E-state index contributed by atoms with van der Waals surface area (Å²) in [5.41, 5.74) is -0.382. The fourth-order valence-electron chi connectivity index (χ4n) is 2.52. The second-order valence-corrected chi connectivity index (χ2v) is 5.27. The fraction of sp³-hybridized carbons (Fsp3) is 0.533. The summed E-state index contributed by atoms with van der Waals surface area (Å²) < 4.78 is 33.0. The van der Waals surface area contributed by atoms with Gasteiger partial charge in [0.1, 0.15) is 5.75 Å². The van der Waals surface area contributed by atoms with Crippen molar-refractivity contribution in [3.63, 3.8) is 0 Å². The number of halogens is 2. The Morgan fingerprint density at radius 2 is 2.05 bits per heavy atom. The monoisotopic (exact) mass is 299 g/mol. The van der Waals surface area contributed by atoms with Gasteiger partial charge in [0.25, 0.3) is 5.91 Å². The summed E-state index contributed by atoms with van der Waals surface area (Å²) >= 11 is 0. The van der Waals surface area contributed by atoms with Crippen molar-refractivity contribution in [3.8, 4) is 5.75 Å². The summed E-state index contributed by atoms with van der Waals surface area (Å²) in [5, 5.41) is 11.9. The highest BCUT2D eigenvalue weighted by molar-refractivity contribution is 5.84. The molecule has 1 fully saturated rings. The van der Waals surface area contributed by atoms with Crippen molar-refractivity contribution < 1.29 is 23.4 Å². The number of benzene rings is 1. The van der Waals surface area contributed by atoms with Gasteiger partial charge < -0.3 is 15.2 Å². The molecule has 2 unspecified atom stereocenters. The van der Waals surface area contributed by atoms with Gasteiger partial charge in [-0.1, -0.05) is 6.42 Å². The summed E-state index contributed by atoms with van der Waals surface area (Å²) in [7, 11) is 1.44. The van der Waals surface area contributed by atoms with Crippen LogP contribution in [0, 0.1) is 5.92 Å². The van der Waals surface area contributed by atoms with Crippen molar-refractivity contribution in [1.29, 1.82) is 0 Å². The lowest BCUT2D eigenvalue weighted by molar-refractivity contribution is -0.147. The second kappa shape index (κ2) is 6.39. The number of carbonyl (C=O) groups excluding carboxylic acids is 1. The first-order chi connectivity index (χ1) is 9.95. The first-order valence-electron chi connectivity index (χ1n) is 6.94. The molecule has 1 aliphatic rings. The Hall–Kier alpha value is -1.69. The molecule has 1 aliphatic carbocycles. The van der Waals surface area contributed by atoms with Crippen LogP contribution in [0.25, 0.3) is 0 Å². The van der Waals surface area contributed by atoms with Gasteiger partial charge in [-0.15, -0.1) is 0 Å². The molecule has 6 heteroatoms. The van der Waals surface area contributed by atoms with Gasteiger partial charge in [0.2, 0.25) is 0 Å². The van der Waals surface area contributed by atoms with Crippen LogP contribution in [-0.2, 0) is 10.7 Å². The zero-order chi connectivity index (χ0) is 15.5. The number of aliphatic hydroxyl groups excluding tert-OH is 1. The maximum Gasteiger partial charge on any atom is 0.349 e. The second-order valence-electron chi connectivity index (χ2n) is 5.27. The number of ether oxygens (including phenoxy) is 1. The van der Waals surface area contributed by atoms with E-state index in [4.69, 9.17) is 4.74 Å². The molecule has 0 heterocycles. The Balaban J connectivity index is 1.98. The molecule has 0 spiro atoms. The third-order valence-corrected chi connectivity index (χ3v) is 3.88. The van der Waals surface area contributed by atoms with Gasteiger partial charge in [0.15, 0.2) is 0 Å². The van der Waals surface area contributed by atoms with E-state index in [1.807, 2.05) is 0 Å². The topological polar surface area (TPSA) is 58.6 Å². The predicted molar refractivity (Wildman–Crippen MR) is 73.2 cm³/mol. The number of rotatable bonds is 5. The van der Waals surface area contributed by atoms with Crippen LogP contribution in [0.15, 0.2) is 24.3 Å². The average molecular weight is 299 g/mol. The fourth-order valence-corrected chi connectivity index (χ4v) is 2.52. The normalized spacial score (nSPS) is 22.1. The minimum absolute atomic E-state index is 0.0751. The lowest BCUT2D eigenvalue weighted by atomic mass is 10.0. The molecule has 1 saturated carbocycles. The number of amides is 1. The van der Waals surface area contributed by atoms with E-state index in [0.29, 0.717) is 12.2 Å². The molecular formula is C15H19F2NO3. The van der Waals surface area contributed by atoms with Gasteiger partial charge >= 0.3 is 5.92 Å². The number of alkyl halides is 2. The Labute approximate surface area is 122 Å². The lowest BCUT2D eigenvalue weighted by Crippen LogP contribution is -2.41. The van der Waals surface area contributed by atoms with Crippen LogP contribution in [0.5, 0.6) is 5.75 Å². The summed E-state index contributed by atoms with van der Waals surface area (Å²) in [6.07, 6.45) is 1.75. The zero-order valence-electron chi connectivity index (χ0n) is 11.8. The minimum atomic E-state index is -3.60. The van der Waals surface area contributed by atoms with E-state index < -0.39 is 17.9 Å². The van der Waals surface area contributed by atoms with Crippen molar-refractivity contribution in [2.75, 3.05) is 13.7 Å². The number of hydrogen-bond acceptors (Lipinski definition) is 3. The SMILES string of the molecule is COc1ccc(C(F)(F)C(=O)NCC2CCCC2O)cc1. The van der Waals surface area contributed by atoms with E-state index in [9.17, 15) is 18.7 Å². The summed E-state index contributed by atoms with van der Waals surface area (Å²) in [6, 6.07) is 5.11. The Morgan fingerprint density at radius 3 is 2.57 bits per heavy atom. The maximum absolute atomic E-state index is 14.0. The summed E-state index contributed by atoms with van der Waals surface area (Å²) in [5.74, 6) is -4.63.